The zero-order valence-electron chi connectivity index (χ0n) is 13.5. The summed E-state index contributed by atoms with van der Waals surface area (Å²) in [6.07, 6.45) is 2.17. The van der Waals surface area contributed by atoms with E-state index in [0.29, 0.717) is 6.29 Å². The molecule has 1 saturated heterocycles. The van der Waals surface area contributed by atoms with Gasteiger partial charge < -0.3 is 20.1 Å². The van der Waals surface area contributed by atoms with E-state index in [-0.39, 0.29) is 25.8 Å². The molecule has 3 atom stereocenters. The van der Waals surface area contributed by atoms with Gasteiger partial charge in [0.1, 0.15) is 12.3 Å². The number of nitrogens with zero attached hydrogens (tertiary/aromatic N) is 1. The Morgan fingerprint density at radius 3 is 2.57 bits per heavy atom. The Morgan fingerprint density at radius 1 is 1.48 bits per heavy atom. The van der Waals surface area contributed by atoms with E-state index < -0.39 is 40.4 Å². The second kappa shape index (κ2) is 6.39. The fraction of sp³-hybridized carbons (Fsp3) is 0.800. The van der Waals surface area contributed by atoms with Gasteiger partial charge in [-0.25, -0.2) is 4.39 Å². The van der Waals surface area contributed by atoms with E-state index in [1.807, 2.05) is 0 Å². The number of hydrogen-bond donors (Lipinski definition) is 2. The molecule has 0 bridgehead atoms. The number of thioether (sulfide) groups is 1. The van der Waals surface area contributed by atoms with E-state index in [0.717, 1.165) is 0 Å². The van der Waals surface area contributed by atoms with Gasteiger partial charge in [0.2, 0.25) is 5.91 Å². The minimum atomic E-state index is -1.87. The van der Waals surface area contributed by atoms with Gasteiger partial charge in [0.25, 0.3) is 5.91 Å². The van der Waals surface area contributed by atoms with Crippen LogP contribution in [0.3, 0.4) is 0 Å². The van der Waals surface area contributed by atoms with Gasteiger partial charge >= 0.3 is 0 Å². The molecule has 2 aliphatic rings. The summed E-state index contributed by atoms with van der Waals surface area (Å²) < 4.78 is 13.3. The SMILES string of the molecule is CSC(C)(C)C(NC(=O)C1(F)CC1)C(=O)N1C[C@H](O)CC1C=O. The maximum absolute atomic E-state index is 14.0. The summed E-state index contributed by atoms with van der Waals surface area (Å²) in [5.74, 6) is -1.24. The van der Waals surface area contributed by atoms with Gasteiger partial charge in [-0.2, -0.15) is 11.8 Å². The minimum absolute atomic E-state index is 0.0415. The zero-order valence-corrected chi connectivity index (χ0v) is 14.4. The Balaban J connectivity index is 2.20. The van der Waals surface area contributed by atoms with Crippen LogP contribution in [-0.2, 0) is 14.4 Å². The van der Waals surface area contributed by atoms with Crippen LogP contribution >= 0.6 is 11.8 Å². The van der Waals surface area contributed by atoms with Crippen molar-refractivity contribution < 1.29 is 23.9 Å². The third-order valence-electron chi connectivity index (χ3n) is 4.60. The summed E-state index contributed by atoms with van der Waals surface area (Å²) >= 11 is 1.37. The number of rotatable bonds is 6. The Labute approximate surface area is 139 Å². The average molecular weight is 346 g/mol. The van der Waals surface area contributed by atoms with E-state index in [4.69, 9.17) is 0 Å². The van der Waals surface area contributed by atoms with Crippen LogP contribution in [0.5, 0.6) is 0 Å². The molecule has 0 aromatic rings. The van der Waals surface area contributed by atoms with Crippen molar-refractivity contribution in [3.63, 3.8) is 0 Å². The number of aliphatic hydroxyl groups excluding tert-OH is 1. The second-order valence-corrected chi connectivity index (χ2v) is 8.22. The highest BCUT2D eigenvalue weighted by molar-refractivity contribution is 8.00. The lowest BCUT2D eigenvalue weighted by molar-refractivity contribution is -0.140. The van der Waals surface area contributed by atoms with Gasteiger partial charge in [0.05, 0.1) is 12.1 Å². The topological polar surface area (TPSA) is 86.7 Å². The van der Waals surface area contributed by atoms with Gasteiger partial charge in [0.15, 0.2) is 5.67 Å². The normalized spacial score (nSPS) is 27.4. The molecule has 0 radical (unpaired) electrons. The van der Waals surface area contributed by atoms with Crippen molar-refractivity contribution in [2.24, 2.45) is 0 Å². The second-order valence-electron chi connectivity index (χ2n) is 6.76. The Hall–Kier alpha value is -1.15. The molecule has 23 heavy (non-hydrogen) atoms. The van der Waals surface area contributed by atoms with Crippen molar-refractivity contribution in [3.05, 3.63) is 0 Å². The van der Waals surface area contributed by atoms with Crippen LogP contribution in [0.25, 0.3) is 0 Å². The zero-order chi connectivity index (χ0) is 17.4. The van der Waals surface area contributed by atoms with Gasteiger partial charge in [-0.05, 0) is 32.9 Å². The predicted molar refractivity (Wildman–Crippen MR) is 84.8 cm³/mol. The van der Waals surface area contributed by atoms with Gasteiger partial charge in [-0.1, -0.05) is 0 Å². The van der Waals surface area contributed by atoms with Crippen LogP contribution in [-0.4, -0.2) is 69.5 Å². The van der Waals surface area contributed by atoms with E-state index >= 15 is 0 Å². The van der Waals surface area contributed by atoms with Gasteiger partial charge in [-0.15, -0.1) is 0 Å². The quantitative estimate of drug-likeness (QED) is 0.675. The highest BCUT2D eigenvalue weighted by Crippen LogP contribution is 2.40. The number of aliphatic hydroxyl groups is 1. The lowest BCUT2D eigenvalue weighted by atomic mass is 10.0. The van der Waals surface area contributed by atoms with Crippen LogP contribution in [0.15, 0.2) is 0 Å². The first-order valence-corrected chi connectivity index (χ1v) is 8.86. The molecular formula is C15H23FN2O4S. The third kappa shape index (κ3) is 3.68. The molecule has 2 fully saturated rings. The number of carbonyl (C=O) groups excluding carboxylic acids is 3. The van der Waals surface area contributed by atoms with Crippen molar-refractivity contribution in [2.45, 2.75) is 61.7 Å². The molecule has 2 amide bonds. The Kier molecular flexibility index (Phi) is 5.06. The van der Waals surface area contributed by atoms with Crippen molar-refractivity contribution >= 4 is 29.9 Å². The summed E-state index contributed by atoms with van der Waals surface area (Å²) in [4.78, 5) is 37.3. The summed E-state index contributed by atoms with van der Waals surface area (Å²) in [7, 11) is 0. The summed E-state index contributed by atoms with van der Waals surface area (Å²) in [5, 5.41) is 12.2. The fourth-order valence-corrected chi connectivity index (χ4v) is 3.03. The van der Waals surface area contributed by atoms with Gasteiger partial charge in [-0.3, -0.25) is 9.59 Å². The third-order valence-corrected chi connectivity index (χ3v) is 5.89. The number of amides is 2. The monoisotopic (exact) mass is 346 g/mol. The first-order chi connectivity index (χ1) is 10.6. The Bertz CT molecular complexity index is 510. The van der Waals surface area contributed by atoms with E-state index in [1.54, 1.807) is 20.1 Å². The maximum atomic E-state index is 14.0. The maximum Gasteiger partial charge on any atom is 0.258 e. The number of β-amino-alcohol motifs (C(OH)–C–C–N with tert-alkyl or cyclic N) is 1. The molecule has 6 nitrogen and oxygen atoms in total. The van der Waals surface area contributed by atoms with Crippen molar-refractivity contribution in [1.29, 1.82) is 0 Å². The summed E-state index contributed by atoms with van der Waals surface area (Å²) in [5.41, 5.74) is -1.87. The largest absolute Gasteiger partial charge is 0.391 e. The van der Waals surface area contributed by atoms with Crippen LogP contribution in [0.1, 0.15) is 33.1 Å². The highest BCUT2D eigenvalue weighted by Gasteiger charge is 2.53. The number of likely N-dealkylation sites (tertiary alicyclic amines) is 1. The molecule has 0 aromatic carbocycles. The van der Waals surface area contributed by atoms with Crippen LogP contribution in [0.4, 0.5) is 4.39 Å². The molecule has 1 saturated carbocycles. The standard InChI is InChI=1S/C15H23FN2O4S/c1-14(2,23-3)11(17-13(22)15(16)4-5-15)12(21)18-7-10(20)6-9(18)8-19/h8-11,20H,4-7H2,1-3H3,(H,17,22)/t9?,10-,11?/m1/s1. The molecule has 1 aliphatic heterocycles. The van der Waals surface area contributed by atoms with Crippen molar-refractivity contribution in [2.75, 3.05) is 12.8 Å². The average Bonchev–Trinajstić information content (AvgIpc) is 3.14. The Morgan fingerprint density at radius 2 is 2.09 bits per heavy atom. The number of aldehydes is 1. The molecule has 1 heterocycles. The number of nitrogens with one attached hydrogen (secondary N) is 1. The molecule has 2 rings (SSSR count). The van der Waals surface area contributed by atoms with Crippen molar-refractivity contribution in [1.82, 2.24) is 10.2 Å². The molecule has 2 N–H and O–H groups in total. The van der Waals surface area contributed by atoms with Crippen LogP contribution < -0.4 is 5.32 Å². The molecule has 0 aromatic heterocycles. The molecule has 130 valence electrons. The molecule has 8 heteroatoms. The number of carbonyl (C=O) groups is 3. The van der Waals surface area contributed by atoms with Crippen molar-refractivity contribution in [3.8, 4) is 0 Å². The predicted octanol–water partition coefficient (Wildman–Crippen LogP) is 0.276. The first-order valence-electron chi connectivity index (χ1n) is 7.63. The first kappa shape index (κ1) is 18.2. The van der Waals surface area contributed by atoms with E-state index in [1.165, 1.54) is 16.7 Å². The van der Waals surface area contributed by atoms with E-state index in [9.17, 15) is 23.9 Å². The molecule has 1 aliphatic carbocycles. The lowest BCUT2D eigenvalue weighted by Gasteiger charge is -2.36. The fourth-order valence-electron chi connectivity index (χ4n) is 2.64. The van der Waals surface area contributed by atoms with Crippen LogP contribution in [0.2, 0.25) is 0 Å². The van der Waals surface area contributed by atoms with Gasteiger partial charge in [0, 0.05) is 17.7 Å². The number of alkyl halides is 1. The molecule has 2 unspecified atom stereocenters. The summed E-state index contributed by atoms with van der Waals surface area (Å²) in [6.45, 7) is 3.60. The van der Waals surface area contributed by atoms with E-state index in [2.05, 4.69) is 5.32 Å². The summed E-state index contributed by atoms with van der Waals surface area (Å²) in [6, 6.07) is -1.68. The lowest BCUT2D eigenvalue weighted by Crippen LogP contribution is -2.59. The van der Waals surface area contributed by atoms with Crippen LogP contribution in [0, 0.1) is 0 Å². The number of halogens is 1. The smallest absolute Gasteiger partial charge is 0.258 e. The molecular weight excluding hydrogens is 323 g/mol. The minimum Gasteiger partial charge on any atom is -0.391 e. The number of hydrogen-bond acceptors (Lipinski definition) is 5. The molecule has 0 spiro atoms. The highest BCUT2D eigenvalue weighted by atomic mass is 32.2.